The van der Waals surface area contributed by atoms with Crippen LogP contribution >= 0.6 is 11.3 Å². The first-order chi connectivity index (χ1) is 15.6. The maximum absolute atomic E-state index is 13.1. The van der Waals surface area contributed by atoms with Crippen molar-refractivity contribution in [2.75, 3.05) is 12.4 Å². The van der Waals surface area contributed by atoms with Crippen LogP contribution in [0.25, 0.3) is 10.3 Å². The van der Waals surface area contributed by atoms with Gasteiger partial charge in [0.1, 0.15) is 22.1 Å². The average molecular weight is 443 g/mol. The third-order valence-corrected chi connectivity index (χ3v) is 6.17. The van der Waals surface area contributed by atoms with Crippen LogP contribution in [0.4, 0.5) is 10.8 Å². The second-order valence-electron chi connectivity index (χ2n) is 7.08. The number of anilines is 2. The summed E-state index contributed by atoms with van der Waals surface area (Å²) >= 11 is 1.33. The zero-order chi connectivity index (χ0) is 22.2. The lowest BCUT2D eigenvalue weighted by Crippen LogP contribution is -2.27. The highest BCUT2D eigenvalue weighted by Crippen LogP contribution is 2.45. The van der Waals surface area contributed by atoms with E-state index >= 15 is 0 Å². The zero-order valence-electron chi connectivity index (χ0n) is 16.9. The molecule has 2 aromatic carbocycles. The third kappa shape index (κ3) is 3.23. The minimum atomic E-state index is -0.671. The van der Waals surface area contributed by atoms with Crippen molar-refractivity contribution in [2.24, 2.45) is 5.73 Å². The summed E-state index contributed by atoms with van der Waals surface area (Å²) in [5, 5.41) is 13.6. The first-order valence-corrected chi connectivity index (χ1v) is 10.5. The first-order valence-electron chi connectivity index (χ1n) is 9.69. The zero-order valence-corrected chi connectivity index (χ0v) is 17.7. The van der Waals surface area contributed by atoms with Crippen LogP contribution < -0.4 is 26.1 Å². The molecule has 1 aliphatic rings. The van der Waals surface area contributed by atoms with E-state index in [-0.39, 0.29) is 17.0 Å². The molecule has 2 aromatic heterocycles. The Bertz CT molecular complexity index is 1450. The Kier molecular flexibility index (Phi) is 4.77. The van der Waals surface area contributed by atoms with Crippen molar-refractivity contribution in [1.29, 1.82) is 5.26 Å². The van der Waals surface area contributed by atoms with E-state index in [1.165, 1.54) is 11.3 Å². The van der Waals surface area contributed by atoms with Gasteiger partial charge in [-0.1, -0.05) is 41.7 Å². The Hall–Kier alpha value is -4.29. The maximum Gasteiger partial charge on any atom is 0.257 e. The number of thiazole rings is 1. The molecule has 0 amide bonds. The van der Waals surface area contributed by atoms with Crippen LogP contribution in [0.3, 0.4) is 0 Å². The third-order valence-electron chi connectivity index (χ3n) is 5.20. The highest BCUT2D eigenvalue weighted by atomic mass is 32.1. The van der Waals surface area contributed by atoms with E-state index in [9.17, 15) is 10.1 Å². The molecular formula is C23H17N5O3S. The van der Waals surface area contributed by atoms with Crippen molar-refractivity contribution in [1.82, 2.24) is 9.97 Å². The average Bonchev–Trinajstić information content (AvgIpc) is 3.21. The number of pyridine rings is 1. The lowest BCUT2D eigenvalue weighted by atomic mass is 9.84. The maximum atomic E-state index is 13.1. The number of para-hydroxylation sites is 1. The summed E-state index contributed by atoms with van der Waals surface area (Å²) in [4.78, 5) is 20.5. The second kappa shape index (κ2) is 7.76. The van der Waals surface area contributed by atoms with E-state index in [2.05, 4.69) is 21.4 Å². The van der Waals surface area contributed by atoms with E-state index in [0.29, 0.717) is 32.5 Å². The summed E-state index contributed by atoms with van der Waals surface area (Å²) in [6, 6.07) is 18.9. The van der Waals surface area contributed by atoms with Gasteiger partial charge in [0.15, 0.2) is 16.5 Å². The summed E-state index contributed by atoms with van der Waals surface area (Å²) in [6.07, 6.45) is 0. The number of nitrogens with two attached hydrogens (primary N) is 1. The number of aromatic nitrogens is 2. The highest BCUT2D eigenvalue weighted by Gasteiger charge is 2.35. The molecule has 1 atom stereocenters. The number of ether oxygens (including phenoxy) is 2. The fourth-order valence-corrected chi connectivity index (χ4v) is 4.66. The standard InChI is InChI=1S/C23H17N5O3S/c1-30-14-9-7-12(8-10-14)16-15(11-24)20(25)31-18-17(16)22(29)27-21-19(18)32-23(28-21)26-13-5-3-2-4-6-13/h2-10,16H,25H2,1H3,(H2,26,27,28,29)/t16-/m1/s1. The Morgan fingerprint density at radius 2 is 1.97 bits per heavy atom. The van der Waals surface area contributed by atoms with E-state index < -0.39 is 5.92 Å². The molecule has 3 heterocycles. The molecule has 0 fully saturated rings. The molecular weight excluding hydrogens is 426 g/mol. The normalized spacial score (nSPS) is 15.1. The monoisotopic (exact) mass is 443 g/mol. The van der Waals surface area contributed by atoms with Gasteiger partial charge in [0.05, 0.1) is 18.6 Å². The number of nitrogens with zero attached hydrogens (tertiary/aromatic N) is 2. The van der Waals surface area contributed by atoms with Crippen LogP contribution in [0.2, 0.25) is 0 Å². The van der Waals surface area contributed by atoms with Crippen LogP contribution in [0, 0.1) is 11.3 Å². The molecule has 0 radical (unpaired) electrons. The molecule has 4 aromatic rings. The number of aromatic amines is 1. The van der Waals surface area contributed by atoms with Gasteiger partial charge in [-0.2, -0.15) is 5.26 Å². The van der Waals surface area contributed by atoms with Crippen molar-refractivity contribution in [3.63, 3.8) is 0 Å². The molecule has 1 aliphatic heterocycles. The van der Waals surface area contributed by atoms with Crippen molar-refractivity contribution < 1.29 is 9.47 Å². The number of hydrogen-bond donors (Lipinski definition) is 3. The minimum absolute atomic E-state index is 0.0290. The largest absolute Gasteiger partial charge is 0.497 e. The lowest BCUT2D eigenvalue weighted by molar-refractivity contribution is 0.397. The van der Waals surface area contributed by atoms with Crippen molar-refractivity contribution >= 4 is 32.5 Å². The fourth-order valence-electron chi connectivity index (χ4n) is 3.72. The molecule has 0 unspecified atom stereocenters. The Balaban J connectivity index is 1.68. The molecule has 0 aliphatic carbocycles. The van der Waals surface area contributed by atoms with Gasteiger partial charge in [0.25, 0.3) is 5.56 Å². The molecule has 5 rings (SSSR count). The lowest BCUT2D eigenvalue weighted by Gasteiger charge is -2.25. The van der Waals surface area contributed by atoms with E-state index in [1.807, 2.05) is 42.5 Å². The van der Waals surface area contributed by atoms with Crippen molar-refractivity contribution in [2.45, 2.75) is 5.92 Å². The molecule has 4 N–H and O–H groups in total. The number of fused-ring (bicyclic) bond motifs is 3. The highest BCUT2D eigenvalue weighted by molar-refractivity contribution is 7.22. The Labute approximate surface area is 186 Å². The molecule has 0 saturated carbocycles. The van der Waals surface area contributed by atoms with Crippen LogP contribution in [-0.2, 0) is 0 Å². The summed E-state index contributed by atoms with van der Waals surface area (Å²) in [7, 11) is 1.57. The van der Waals surface area contributed by atoms with Crippen molar-refractivity contribution in [3.8, 4) is 17.6 Å². The summed E-state index contributed by atoms with van der Waals surface area (Å²) in [6.45, 7) is 0. The van der Waals surface area contributed by atoms with Gasteiger partial charge >= 0.3 is 0 Å². The molecule has 0 spiro atoms. The predicted octanol–water partition coefficient (Wildman–Crippen LogP) is 3.95. The SMILES string of the molecule is COc1ccc([C@@H]2C(C#N)=C(N)Oc3c2c(=O)[nH]c2nc(Nc4ccccc4)sc32)cc1. The quantitative estimate of drug-likeness (QED) is 0.436. The number of rotatable bonds is 4. The van der Waals surface area contributed by atoms with Gasteiger partial charge < -0.3 is 25.5 Å². The number of benzene rings is 2. The van der Waals surface area contributed by atoms with Gasteiger partial charge in [-0.25, -0.2) is 4.98 Å². The molecule has 32 heavy (non-hydrogen) atoms. The number of nitrogens with one attached hydrogen (secondary N) is 2. The predicted molar refractivity (Wildman–Crippen MR) is 122 cm³/mol. The van der Waals surface area contributed by atoms with Crippen LogP contribution in [0.5, 0.6) is 11.5 Å². The smallest absolute Gasteiger partial charge is 0.257 e. The van der Waals surface area contributed by atoms with Crippen molar-refractivity contribution in [3.05, 3.63) is 87.5 Å². The fraction of sp³-hybridized carbons (Fsp3) is 0.0870. The number of hydrogen-bond acceptors (Lipinski definition) is 8. The van der Waals surface area contributed by atoms with Crippen LogP contribution in [-0.4, -0.2) is 17.1 Å². The molecule has 158 valence electrons. The molecule has 0 bridgehead atoms. The first kappa shape index (κ1) is 19.7. The van der Waals surface area contributed by atoms with Gasteiger partial charge in [-0.15, -0.1) is 0 Å². The summed E-state index contributed by atoms with van der Waals surface area (Å²) < 4.78 is 11.7. The minimum Gasteiger partial charge on any atom is -0.497 e. The van der Waals surface area contributed by atoms with Crippen LogP contribution in [0.15, 0.2) is 70.8 Å². The Morgan fingerprint density at radius 3 is 2.66 bits per heavy atom. The molecule has 9 heteroatoms. The van der Waals surface area contributed by atoms with Gasteiger partial charge in [-0.3, -0.25) is 4.79 Å². The van der Waals surface area contributed by atoms with E-state index in [1.54, 1.807) is 19.2 Å². The Morgan fingerprint density at radius 1 is 1.22 bits per heavy atom. The number of allylic oxidation sites excluding steroid dienone is 1. The van der Waals surface area contributed by atoms with E-state index in [4.69, 9.17) is 15.2 Å². The van der Waals surface area contributed by atoms with Crippen LogP contribution in [0.1, 0.15) is 17.0 Å². The second-order valence-corrected chi connectivity index (χ2v) is 8.08. The molecule has 0 saturated heterocycles. The van der Waals surface area contributed by atoms with Gasteiger partial charge in [0.2, 0.25) is 5.88 Å². The number of H-pyrrole nitrogens is 1. The number of nitriles is 1. The van der Waals surface area contributed by atoms with E-state index in [0.717, 1.165) is 11.3 Å². The summed E-state index contributed by atoms with van der Waals surface area (Å²) in [5.74, 6) is 0.286. The topological polar surface area (TPSA) is 126 Å². The van der Waals surface area contributed by atoms with Gasteiger partial charge in [0, 0.05) is 5.69 Å². The summed E-state index contributed by atoms with van der Waals surface area (Å²) in [5.41, 5.74) is 8.23. The van der Waals surface area contributed by atoms with Gasteiger partial charge in [-0.05, 0) is 29.8 Å². The molecule has 8 nitrogen and oxygen atoms in total. The number of methoxy groups -OCH3 is 1.